The Kier molecular flexibility index (Phi) is 4.19. The van der Waals surface area contributed by atoms with Gasteiger partial charge in [0.25, 0.3) is 5.91 Å². The molecule has 1 amide bonds. The minimum atomic E-state index is -0.935. The molecule has 5 nitrogen and oxygen atoms in total. The number of nitrogen functional groups attached to an aromatic ring is 1. The standard InChI is InChI=1S/C13H14F2N4OS/c1-13(2,12-17-3-4-21-12)18-11(20)7-5-8(14)10(19-16)9(15)6-7/h3-6,19H,16H2,1-2H3,(H,18,20). The van der Waals surface area contributed by atoms with Crippen molar-refractivity contribution in [2.75, 3.05) is 5.43 Å². The average Bonchev–Trinajstić information content (AvgIpc) is 2.92. The van der Waals surface area contributed by atoms with E-state index in [1.165, 1.54) is 11.3 Å². The van der Waals surface area contributed by atoms with E-state index in [2.05, 4.69) is 10.3 Å². The van der Waals surface area contributed by atoms with Crippen molar-refractivity contribution >= 4 is 22.9 Å². The Morgan fingerprint density at radius 3 is 2.43 bits per heavy atom. The van der Waals surface area contributed by atoms with E-state index in [4.69, 9.17) is 5.84 Å². The summed E-state index contributed by atoms with van der Waals surface area (Å²) in [5.74, 6) is 2.53. The van der Waals surface area contributed by atoms with Crippen molar-refractivity contribution in [2.24, 2.45) is 5.84 Å². The highest BCUT2D eigenvalue weighted by Gasteiger charge is 2.26. The highest BCUT2D eigenvalue weighted by molar-refractivity contribution is 7.09. The van der Waals surface area contributed by atoms with Gasteiger partial charge < -0.3 is 10.7 Å². The van der Waals surface area contributed by atoms with E-state index in [1.807, 2.05) is 5.43 Å². The van der Waals surface area contributed by atoms with Crippen molar-refractivity contribution in [2.45, 2.75) is 19.4 Å². The molecule has 0 aliphatic heterocycles. The molecule has 0 aliphatic rings. The number of hydrazine groups is 1. The van der Waals surface area contributed by atoms with E-state index < -0.39 is 28.8 Å². The van der Waals surface area contributed by atoms with Crippen LogP contribution in [0.5, 0.6) is 0 Å². The van der Waals surface area contributed by atoms with Gasteiger partial charge >= 0.3 is 0 Å². The maximum atomic E-state index is 13.6. The van der Waals surface area contributed by atoms with E-state index in [0.717, 1.165) is 12.1 Å². The minimum absolute atomic E-state index is 0.131. The number of hydrogen-bond acceptors (Lipinski definition) is 5. The molecule has 1 heterocycles. The van der Waals surface area contributed by atoms with Gasteiger partial charge in [-0.05, 0) is 26.0 Å². The number of nitrogens with zero attached hydrogens (tertiary/aromatic N) is 1. The Hall–Kier alpha value is -2.06. The first-order chi connectivity index (χ1) is 9.85. The second kappa shape index (κ2) is 5.74. The van der Waals surface area contributed by atoms with Gasteiger partial charge in [0.1, 0.15) is 10.7 Å². The molecular formula is C13H14F2N4OS. The molecule has 0 spiro atoms. The lowest BCUT2D eigenvalue weighted by Gasteiger charge is -2.24. The van der Waals surface area contributed by atoms with Gasteiger partial charge in [-0.2, -0.15) is 0 Å². The fourth-order valence-electron chi connectivity index (χ4n) is 1.78. The molecule has 0 aliphatic carbocycles. The smallest absolute Gasteiger partial charge is 0.252 e. The molecule has 1 aromatic heterocycles. The molecule has 21 heavy (non-hydrogen) atoms. The number of carbonyl (C=O) groups excluding carboxylic acids is 1. The summed E-state index contributed by atoms with van der Waals surface area (Å²) in [5, 5.41) is 5.16. The maximum Gasteiger partial charge on any atom is 0.252 e. The lowest BCUT2D eigenvalue weighted by atomic mass is 10.1. The highest BCUT2D eigenvalue weighted by atomic mass is 32.1. The predicted octanol–water partition coefficient (Wildman–Crippen LogP) is 2.37. The number of halogens is 2. The zero-order valence-electron chi connectivity index (χ0n) is 11.4. The molecule has 2 aromatic rings. The number of nitrogens with one attached hydrogen (secondary N) is 2. The first kappa shape index (κ1) is 15.3. The largest absolute Gasteiger partial charge is 0.341 e. The van der Waals surface area contributed by atoms with E-state index in [-0.39, 0.29) is 5.56 Å². The van der Waals surface area contributed by atoms with Crippen LogP contribution in [0.2, 0.25) is 0 Å². The molecule has 0 saturated heterocycles. The summed E-state index contributed by atoms with van der Waals surface area (Å²) in [6.45, 7) is 3.51. The lowest BCUT2D eigenvalue weighted by Crippen LogP contribution is -2.41. The molecular weight excluding hydrogens is 298 g/mol. The van der Waals surface area contributed by atoms with Crippen LogP contribution in [-0.4, -0.2) is 10.9 Å². The minimum Gasteiger partial charge on any atom is -0.341 e. The maximum absolute atomic E-state index is 13.6. The molecule has 4 N–H and O–H groups in total. The normalized spacial score (nSPS) is 11.3. The van der Waals surface area contributed by atoms with Crippen LogP contribution in [0.3, 0.4) is 0 Å². The van der Waals surface area contributed by atoms with Gasteiger partial charge in [-0.15, -0.1) is 11.3 Å². The SMILES string of the molecule is CC(C)(NC(=O)c1cc(F)c(NN)c(F)c1)c1nccs1. The predicted molar refractivity (Wildman–Crippen MR) is 76.8 cm³/mol. The Balaban J connectivity index is 2.25. The summed E-state index contributed by atoms with van der Waals surface area (Å²) < 4.78 is 27.2. The van der Waals surface area contributed by atoms with Crippen molar-refractivity contribution < 1.29 is 13.6 Å². The Bertz CT molecular complexity index is 635. The lowest BCUT2D eigenvalue weighted by molar-refractivity contribution is 0.0911. The summed E-state index contributed by atoms with van der Waals surface area (Å²) >= 11 is 1.38. The molecule has 2 rings (SSSR count). The topological polar surface area (TPSA) is 80.0 Å². The Morgan fingerprint density at radius 1 is 1.33 bits per heavy atom. The first-order valence-electron chi connectivity index (χ1n) is 6.03. The Morgan fingerprint density at radius 2 is 1.95 bits per heavy atom. The number of amides is 1. The van der Waals surface area contributed by atoms with Crippen molar-refractivity contribution in [1.82, 2.24) is 10.3 Å². The van der Waals surface area contributed by atoms with E-state index in [0.29, 0.717) is 5.01 Å². The quantitative estimate of drug-likeness (QED) is 0.598. The first-order valence-corrected chi connectivity index (χ1v) is 6.91. The molecule has 8 heteroatoms. The molecule has 0 saturated carbocycles. The van der Waals surface area contributed by atoms with Gasteiger partial charge in [0.15, 0.2) is 11.6 Å². The third kappa shape index (κ3) is 3.17. The van der Waals surface area contributed by atoms with Crippen LogP contribution < -0.4 is 16.6 Å². The van der Waals surface area contributed by atoms with E-state index in [9.17, 15) is 13.6 Å². The third-order valence-electron chi connectivity index (χ3n) is 2.84. The highest BCUT2D eigenvalue weighted by Crippen LogP contribution is 2.24. The summed E-state index contributed by atoms with van der Waals surface area (Å²) in [6, 6.07) is 1.84. The fraction of sp³-hybridized carbons (Fsp3) is 0.231. The molecule has 1 aromatic carbocycles. The van der Waals surface area contributed by atoms with Gasteiger partial charge in [-0.1, -0.05) is 0 Å². The molecule has 0 radical (unpaired) electrons. The number of rotatable bonds is 4. The van der Waals surface area contributed by atoms with Crippen molar-refractivity contribution in [1.29, 1.82) is 0 Å². The van der Waals surface area contributed by atoms with Crippen LogP contribution in [0.4, 0.5) is 14.5 Å². The fourth-order valence-corrected chi connectivity index (χ4v) is 2.50. The van der Waals surface area contributed by atoms with Crippen LogP contribution in [0.15, 0.2) is 23.7 Å². The van der Waals surface area contributed by atoms with Gasteiger partial charge in [0.05, 0.1) is 5.54 Å². The molecule has 112 valence electrons. The zero-order chi connectivity index (χ0) is 15.6. The van der Waals surface area contributed by atoms with Gasteiger partial charge in [0, 0.05) is 17.1 Å². The number of anilines is 1. The number of hydrogen-bond donors (Lipinski definition) is 3. The zero-order valence-corrected chi connectivity index (χ0v) is 12.2. The molecule has 0 atom stereocenters. The molecule has 0 fully saturated rings. The molecule has 0 bridgehead atoms. The van der Waals surface area contributed by atoms with E-state index in [1.54, 1.807) is 25.4 Å². The number of nitrogens with two attached hydrogens (primary N) is 1. The summed E-state index contributed by atoms with van der Waals surface area (Å²) in [5.41, 5.74) is 0.552. The number of aromatic nitrogens is 1. The van der Waals surface area contributed by atoms with E-state index >= 15 is 0 Å². The van der Waals surface area contributed by atoms with Crippen molar-refractivity contribution in [3.8, 4) is 0 Å². The number of thiazole rings is 1. The summed E-state index contributed by atoms with van der Waals surface area (Å²) in [7, 11) is 0. The number of carbonyl (C=O) groups is 1. The van der Waals surface area contributed by atoms with Gasteiger partial charge in [-0.3, -0.25) is 10.6 Å². The van der Waals surface area contributed by atoms with Gasteiger partial charge in [0.2, 0.25) is 0 Å². The van der Waals surface area contributed by atoms with Crippen molar-refractivity contribution in [3.05, 3.63) is 45.9 Å². The Labute approximate surface area is 124 Å². The molecule has 0 unspecified atom stereocenters. The van der Waals surface area contributed by atoms with Crippen LogP contribution in [0.1, 0.15) is 29.2 Å². The van der Waals surface area contributed by atoms with Crippen LogP contribution in [0.25, 0.3) is 0 Å². The summed E-state index contributed by atoms with van der Waals surface area (Å²) in [4.78, 5) is 16.3. The number of benzene rings is 1. The third-order valence-corrected chi connectivity index (χ3v) is 3.94. The summed E-state index contributed by atoms with van der Waals surface area (Å²) in [6.07, 6.45) is 1.62. The van der Waals surface area contributed by atoms with Crippen LogP contribution in [-0.2, 0) is 5.54 Å². The van der Waals surface area contributed by atoms with Crippen LogP contribution in [0, 0.1) is 11.6 Å². The second-order valence-electron chi connectivity index (χ2n) is 4.88. The van der Waals surface area contributed by atoms with Gasteiger partial charge in [-0.25, -0.2) is 13.8 Å². The van der Waals surface area contributed by atoms with Crippen LogP contribution >= 0.6 is 11.3 Å². The monoisotopic (exact) mass is 312 g/mol. The average molecular weight is 312 g/mol. The van der Waals surface area contributed by atoms with Crippen molar-refractivity contribution in [3.63, 3.8) is 0 Å². The second-order valence-corrected chi connectivity index (χ2v) is 5.77.